The summed E-state index contributed by atoms with van der Waals surface area (Å²) in [5, 5.41) is 22.7. The summed E-state index contributed by atoms with van der Waals surface area (Å²) in [5.74, 6) is 6.01. The summed E-state index contributed by atoms with van der Waals surface area (Å²) in [7, 11) is 0. The van der Waals surface area contributed by atoms with Crippen LogP contribution in [-0.2, 0) is 10.8 Å². The van der Waals surface area contributed by atoms with Crippen molar-refractivity contribution in [3.05, 3.63) is 23.3 Å². The van der Waals surface area contributed by atoms with Crippen molar-refractivity contribution in [3.8, 4) is 11.5 Å². The third kappa shape index (κ3) is 2.10. The minimum Gasteiger partial charge on any atom is -0.508 e. The van der Waals surface area contributed by atoms with Crippen LogP contribution in [0.15, 0.2) is 12.1 Å². The maximum atomic E-state index is 11.7. The predicted octanol–water partition coefficient (Wildman–Crippen LogP) is 6.03. The molecule has 0 atom stereocenters. The lowest BCUT2D eigenvalue weighted by atomic mass is 9.46. The minimum atomic E-state index is 0.0568. The van der Waals surface area contributed by atoms with Crippen molar-refractivity contribution in [1.29, 1.82) is 0 Å². The van der Waals surface area contributed by atoms with Crippen LogP contribution >= 0.6 is 0 Å². The first kappa shape index (κ1) is 16.6. The van der Waals surface area contributed by atoms with E-state index in [1.807, 2.05) is 6.07 Å². The fourth-order valence-corrected chi connectivity index (χ4v) is 10.4. The number of aromatic hydroxyl groups is 2. The van der Waals surface area contributed by atoms with Crippen LogP contribution in [0.4, 0.5) is 0 Å². The molecule has 8 saturated carbocycles. The monoisotopic (exact) mass is 378 g/mol. The SMILES string of the molecule is Oc1ccc(C23CC4CC(CC(C4)C2)C3)c(O)c1C12CC3CC(CC(C3)C1)C2. The van der Waals surface area contributed by atoms with E-state index in [-0.39, 0.29) is 10.8 Å². The van der Waals surface area contributed by atoms with E-state index in [4.69, 9.17) is 0 Å². The minimum absolute atomic E-state index is 0.0568. The molecule has 0 spiro atoms. The van der Waals surface area contributed by atoms with Gasteiger partial charge in [-0.15, -0.1) is 0 Å². The Morgan fingerprint density at radius 2 is 0.964 bits per heavy atom. The van der Waals surface area contributed by atoms with Gasteiger partial charge in [-0.1, -0.05) is 6.07 Å². The van der Waals surface area contributed by atoms with Gasteiger partial charge in [0.05, 0.1) is 0 Å². The molecule has 8 bridgehead atoms. The molecule has 9 rings (SSSR count). The molecule has 2 N–H and O–H groups in total. The predicted molar refractivity (Wildman–Crippen MR) is 109 cm³/mol. The maximum absolute atomic E-state index is 11.7. The molecule has 0 aromatic heterocycles. The van der Waals surface area contributed by atoms with E-state index in [1.165, 1.54) is 82.6 Å². The topological polar surface area (TPSA) is 40.5 Å². The Labute approximate surface area is 168 Å². The molecule has 8 fully saturated rings. The number of hydrogen-bond donors (Lipinski definition) is 2. The van der Waals surface area contributed by atoms with Crippen molar-refractivity contribution in [2.24, 2.45) is 35.5 Å². The zero-order valence-electron chi connectivity index (χ0n) is 17.0. The van der Waals surface area contributed by atoms with Crippen molar-refractivity contribution >= 4 is 0 Å². The van der Waals surface area contributed by atoms with Gasteiger partial charge in [-0.05, 0) is 124 Å². The molecule has 0 unspecified atom stereocenters. The Kier molecular flexibility index (Phi) is 3.14. The third-order valence-corrected chi connectivity index (χ3v) is 10.3. The number of rotatable bonds is 2. The first-order chi connectivity index (χ1) is 13.5. The lowest BCUT2D eigenvalue weighted by molar-refractivity contribution is -0.0109. The van der Waals surface area contributed by atoms with E-state index in [0.717, 1.165) is 41.1 Å². The quantitative estimate of drug-likeness (QED) is 0.659. The summed E-state index contributed by atoms with van der Waals surface area (Å²) >= 11 is 0. The molecule has 1 aromatic rings. The maximum Gasteiger partial charge on any atom is 0.126 e. The van der Waals surface area contributed by atoms with Gasteiger partial charge in [0.25, 0.3) is 0 Å². The molecule has 0 amide bonds. The normalized spacial score (nSPS) is 50.4. The molecule has 0 aliphatic heterocycles. The molecule has 0 radical (unpaired) electrons. The summed E-state index contributed by atoms with van der Waals surface area (Å²) in [6, 6.07) is 4.07. The molecule has 28 heavy (non-hydrogen) atoms. The van der Waals surface area contributed by atoms with Gasteiger partial charge in [0.1, 0.15) is 11.5 Å². The lowest BCUT2D eigenvalue weighted by Crippen LogP contribution is -2.50. The molecular formula is C26H34O2. The van der Waals surface area contributed by atoms with Crippen molar-refractivity contribution in [3.63, 3.8) is 0 Å². The van der Waals surface area contributed by atoms with Gasteiger partial charge in [0.15, 0.2) is 0 Å². The largest absolute Gasteiger partial charge is 0.508 e. The number of hydrogen-bond acceptors (Lipinski definition) is 2. The summed E-state index contributed by atoms with van der Waals surface area (Å²) in [5.41, 5.74) is 2.44. The van der Waals surface area contributed by atoms with E-state index in [0.29, 0.717) is 11.5 Å². The Balaban J connectivity index is 1.36. The first-order valence-electron chi connectivity index (χ1n) is 12.1. The molecule has 150 valence electrons. The van der Waals surface area contributed by atoms with Crippen LogP contribution in [0.1, 0.15) is 88.2 Å². The van der Waals surface area contributed by atoms with Crippen LogP contribution < -0.4 is 0 Å². The Morgan fingerprint density at radius 3 is 1.39 bits per heavy atom. The molecule has 1 aromatic carbocycles. The average Bonchev–Trinajstić information content (AvgIpc) is 2.58. The van der Waals surface area contributed by atoms with Gasteiger partial charge in [-0.2, -0.15) is 0 Å². The zero-order valence-corrected chi connectivity index (χ0v) is 17.0. The van der Waals surface area contributed by atoms with Crippen LogP contribution in [0.5, 0.6) is 11.5 Å². The van der Waals surface area contributed by atoms with Gasteiger partial charge >= 0.3 is 0 Å². The highest BCUT2D eigenvalue weighted by molar-refractivity contribution is 5.56. The van der Waals surface area contributed by atoms with Crippen LogP contribution in [-0.4, -0.2) is 10.2 Å². The van der Waals surface area contributed by atoms with Gasteiger partial charge in [-0.3, -0.25) is 0 Å². The van der Waals surface area contributed by atoms with Crippen molar-refractivity contribution in [1.82, 2.24) is 0 Å². The highest BCUT2D eigenvalue weighted by Crippen LogP contribution is 2.66. The van der Waals surface area contributed by atoms with Gasteiger partial charge in [0.2, 0.25) is 0 Å². The highest BCUT2D eigenvalue weighted by atomic mass is 16.3. The second kappa shape index (κ2) is 5.29. The molecule has 2 heteroatoms. The first-order valence-corrected chi connectivity index (χ1v) is 12.1. The van der Waals surface area contributed by atoms with Crippen molar-refractivity contribution in [2.45, 2.75) is 87.9 Å². The zero-order chi connectivity index (χ0) is 18.7. The van der Waals surface area contributed by atoms with Crippen LogP contribution in [0, 0.1) is 35.5 Å². The fraction of sp³-hybridized carbons (Fsp3) is 0.769. The second-order valence-electron chi connectivity index (χ2n) is 12.3. The molecule has 2 nitrogen and oxygen atoms in total. The Bertz CT molecular complexity index is 767. The average molecular weight is 379 g/mol. The van der Waals surface area contributed by atoms with E-state index in [9.17, 15) is 10.2 Å². The molecule has 0 heterocycles. The van der Waals surface area contributed by atoms with Crippen LogP contribution in [0.3, 0.4) is 0 Å². The second-order valence-corrected chi connectivity index (χ2v) is 12.3. The van der Waals surface area contributed by atoms with Gasteiger partial charge < -0.3 is 10.2 Å². The summed E-state index contributed by atoms with van der Waals surface area (Å²) < 4.78 is 0. The fourth-order valence-electron chi connectivity index (χ4n) is 10.4. The van der Waals surface area contributed by atoms with Crippen molar-refractivity contribution < 1.29 is 10.2 Å². The molecule has 8 aliphatic rings. The Morgan fingerprint density at radius 1 is 0.571 bits per heavy atom. The van der Waals surface area contributed by atoms with Crippen LogP contribution in [0.2, 0.25) is 0 Å². The third-order valence-electron chi connectivity index (χ3n) is 10.3. The number of phenolic OH excluding ortho intramolecular Hbond substituents is 2. The highest BCUT2D eigenvalue weighted by Gasteiger charge is 2.56. The molecule has 8 aliphatic carbocycles. The molecule has 0 saturated heterocycles. The van der Waals surface area contributed by atoms with E-state index < -0.39 is 0 Å². The van der Waals surface area contributed by atoms with E-state index in [2.05, 4.69) is 6.07 Å². The van der Waals surface area contributed by atoms with Gasteiger partial charge in [-0.25, -0.2) is 0 Å². The summed E-state index contributed by atoms with van der Waals surface area (Å²) in [6.45, 7) is 0. The van der Waals surface area contributed by atoms with Gasteiger partial charge in [0, 0.05) is 16.5 Å². The standard InChI is InChI=1S/C26H34O2/c27-22-2-1-21(25-9-15-3-16(10-25)5-17(4-15)11-25)24(28)23(22)26-12-18-6-19(13-26)8-20(7-18)14-26/h1-2,15-20,27-28H,3-14H2. The smallest absolute Gasteiger partial charge is 0.126 e. The summed E-state index contributed by atoms with van der Waals surface area (Å²) in [4.78, 5) is 0. The van der Waals surface area contributed by atoms with E-state index >= 15 is 0 Å². The summed E-state index contributed by atoms with van der Waals surface area (Å²) in [6.07, 6.45) is 15.9. The lowest BCUT2D eigenvalue weighted by Gasteiger charge is -2.58. The van der Waals surface area contributed by atoms with Crippen LogP contribution in [0.25, 0.3) is 0 Å². The molecular weight excluding hydrogens is 344 g/mol. The number of benzene rings is 1. The van der Waals surface area contributed by atoms with E-state index in [1.54, 1.807) is 0 Å². The van der Waals surface area contributed by atoms with Crippen molar-refractivity contribution in [2.75, 3.05) is 0 Å². The number of phenols is 2. The Hall–Kier alpha value is -1.18.